The Bertz CT molecular complexity index is 1230. The highest BCUT2D eigenvalue weighted by atomic mass is 16.6. The van der Waals surface area contributed by atoms with Gasteiger partial charge in [-0.2, -0.15) is 0 Å². The molecule has 0 amide bonds. The number of ether oxygens (including phenoxy) is 4. The molecule has 1 aromatic carbocycles. The topological polar surface area (TPSA) is 138 Å². The van der Waals surface area contributed by atoms with E-state index in [-0.39, 0.29) is 30.6 Å². The van der Waals surface area contributed by atoms with E-state index in [4.69, 9.17) is 18.9 Å². The van der Waals surface area contributed by atoms with Gasteiger partial charge in [0.05, 0.1) is 42.7 Å². The molecule has 41 heavy (non-hydrogen) atoms. The monoisotopic (exact) mass is 573 g/mol. The Labute approximate surface area is 240 Å². The van der Waals surface area contributed by atoms with E-state index in [9.17, 15) is 25.2 Å². The summed E-state index contributed by atoms with van der Waals surface area (Å²) in [6, 6.07) is 6.29. The molecule has 0 radical (unpaired) electrons. The van der Waals surface area contributed by atoms with Gasteiger partial charge in [-0.25, -0.2) is 4.79 Å². The summed E-state index contributed by atoms with van der Waals surface area (Å²) in [6.07, 6.45) is -0.969. The molecule has 6 aliphatic rings. The zero-order valence-electron chi connectivity index (χ0n) is 24.3. The predicted molar refractivity (Wildman–Crippen MR) is 145 cm³/mol. The average Bonchev–Trinajstić information content (AvgIpc) is 3.33. The van der Waals surface area contributed by atoms with Crippen LogP contribution in [0.5, 0.6) is 5.75 Å². The molecule has 5 aliphatic carbocycles. The Morgan fingerprint density at radius 2 is 1.76 bits per heavy atom. The molecule has 7 rings (SSSR count). The number of aliphatic hydroxyl groups excluding tert-OH is 1. The highest BCUT2D eigenvalue weighted by Crippen LogP contribution is 2.80. The number of aliphatic hydroxyl groups is 4. The van der Waals surface area contributed by atoms with Crippen LogP contribution in [0.1, 0.15) is 49.4 Å². The number of esters is 1. The van der Waals surface area contributed by atoms with Crippen LogP contribution in [-0.2, 0) is 14.2 Å². The molecule has 1 aromatic rings. The van der Waals surface area contributed by atoms with Crippen molar-refractivity contribution in [2.24, 2.45) is 28.6 Å². The van der Waals surface area contributed by atoms with Gasteiger partial charge in [-0.05, 0) is 62.4 Å². The molecule has 0 unspecified atom stereocenters. The first-order chi connectivity index (χ1) is 19.5. The Morgan fingerprint density at radius 3 is 2.39 bits per heavy atom. The van der Waals surface area contributed by atoms with Crippen LogP contribution in [0.15, 0.2) is 24.3 Å². The standard InChI is InChI=1S/C31H43NO9/c1-5-32-15-27(16-38-2)11-10-22(40-4)31-19-12-29(36)21(33)14-28(35,20(24(31)32)13-30(27,31)37)23(19)25(29)41-26(34)17-6-8-18(39-3)9-7-17/h6-9,19-25,33,35-37H,5,10-16H2,1-4H3/t19-,20+,21+,22-,23-,24-,25+,27+,28+,29+,30+,31-/m1/s1. The molecule has 10 nitrogen and oxygen atoms in total. The third-order valence-electron chi connectivity index (χ3n) is 12.7. The molecule has 5 saturated carbocycles. The number of rotatable bonds is 7. The van der Waals surface area contributed by atoms with Gasteiger partial charge in [-0.15, -0.1) is 0 Å². The third kappa shape index (κ3) is 3.05. The first-order valence-electron chi connectivity index (χ1n) is 15.0. The van der Waals surface area contributed by atoms with Gasteiger partial charge in [0.25, 0.3) is 0 Å². The maximum atomic E-state index is 13.5. The summed E-state index contributed by atoms with van der Waals surface area (Å²) < 4.78 is 23.4. The second-order valence-electron chi connectivity index (χ2n) is 13.7. The fraction of sp³-hybridized carbons (Fsp3) is 0.774. The molecule has 10 heteroatoms. The molecule has 1 saturated heterocycles. The number of methoxy groups -OCH3 is 3. The molecule has 1 heterocycles. The van der Waals surface area contributed by atoms with E-state index in [0.29, 0.717) is 38.2 Å². The van der Waals surface area contributed by atoms with Crippen LogP contribution in [0.2, 0.25) is 0 Å². The first kappa shape index (κ1) is 28.0. The molecule has 7 bridgehead atoms. The summed E-state index contributed by atoms with van der Waals surface area (Å²) in [6.45, 7) is 3.83. The van der Waals surface area contributed by atoms with E-state index in [1.807, 2.05) is 0 Å². The zero-order chi connectivity index (χ0) is 29.2. The van der Waals surface area contributed by atoms with Gasteiger partial charge < -0.3 is 39.4 Å². The minimum Gasteiger partial charge on any atom is -0.497 e. The van der Waals surface area contributed by atoms with Gasteiger partial charge in [0.2, 0.25) is 0 Å². The van der Waals surface area contributed by atoms with Crippen LogP contribution in [0.4, 0.5) is 0 Å². The van der Waals surface area contributed by atoms with E-state index in [1.165, 1.54) is 0 Å². The molecular weight excluding hydrogens is 530 g/mol. The second kappa shape index (κ2) is 8.87. The van der Waals surface area contributed by atoms with Gasteiger partial charge in [0, 0.05) is 55.9 Å². The molecule has 1 spiro atoms. The highest BCUT2D eigenvalue weighted by molar-refractivity contribution is 5.89. The lowest BCUT2D eigenvalue weighted by Crippen LogP contribution is -2.81. The van der Waals surface area contributed by atoms with Crippen LogP contribution < -0.4 is 4.74 Å². The minimum atomic E-state index is -1.77. The fourth-order valence-corrected chi connectivity index (χ4v) is 11.4. The van der Waals surface area contributed by atoms with Crippen molar-refractivity contribution in [2.75, 3.05) is 41.0 Å². The summed E-state index contributed by atoms with van der Waals surface area (Å²) in [5.41, 5.74) is -5.62. The largest absolute Gasteiger partial charge is 0.497 e. The average molecular weight is 574 g/mol. The van der Waals surface area contributed by atoms with E-state index in [1.54, 1.807) is 45.6 Å². The van der Waals surface area contributed by atoms with Crippen LogP contribution >= 0.6 is 0 Å². The molecular formula is C31H43NO9. The van der Waals surface area contributed by atoms with Crippen molar-refractivity contribution >= 4 is 5.97 Å². The third-order valence-corrected chi connectivity index (χ3v) is 12.7. The zero-order valence-corrected chi connectivity index (χ0v) is 24.3. The molecule has 0 aromatic heterocycles. The summed E-state index contributed by atoms with van der Waals surface area (Å²) >= 11 is 0. The first-order valence-corrected chi connectivity index (χ1v) is 15.0. The second-order valence-corrected chi connectivity index (χ2v) is 13.7. The minimum absolute atomic E-state index is 0.0406. The normalized spacial score (nSPS) is 51.0. The number of carbonyl (C=O) groups excluding carboxylic acids is 1. The summed E-state index contributed by atoms with van der Waals surface area (Å²) in [5.74, 6) is -1.61. The van der Waals surface area contributed by atoms with Crippen LogP contribution in [-0.4, -0.2) is 113 Å². The Balaban J connectivity index is 1.38. The Morgan fingerprint density at radius 1 is 1.02 bits per heavy atom. The lowest BCUT2D eigenvalue weighted by molar-refractivity contribution is -0.325. The van der Waals surface area contributed by atoms with Crippen molar-refractivity contribution in [3.05, 3.63) is 29.8 Å². The number of fused-ring (bicyclic) bond motifs is 2. The highest BCUT2D eigenvalue weighted by Gasteiger charge is 2.90. The van der Waals surface area contributed by atoms with Gasteiger partial charge >= 0.3 is 5.97 Å². The molecule has 1 aliphatic heterocycles. The maximum absolute atomic E-state index is 13.5. The van der Waals surface area contributed by atoms with Gasteiger partial charge in [0.15, 0.2) is 0 Å². The molecule has 4 N–H and O–H groups in total. The number of carbonyl (C=O) groups is 1. The lowest BCUT2D eigenvalue weighted by Gasteiger charge is -2.71. The number of benzene rings is 1. The van der Waals surface area contributed by atoms with E-state index in [2.05, 4.69) is 11.8 Å². The van der Waals surface area contributed by atoms with Gasteiger partial charge in [-0.3, -0.25) is 4.90 Å². The van der Waals surface area contributed by atoms with Crippen LogP contribution in [0, 0.1) is 28.6 Å². The molecule has 6 fully saturated rings. The van der Waals surface area contributed by atoms with Crippen LogP contribution in [0.3, 0.4) is 0 Å². The van der Waals surface area contributed by atoms with Crippen molar-refractivity contribution < 1.29 is 44.2 Å². The fourth-order valence-electron chi connectivity index (χ4n) is 11.4. The smallest absolute Gasteiger partial charge is 0.338 e. The van der Waals surface area contributed by atoms with Gasteiger partial charge in [-0.1, -0.05) is 6.92 Å². The van der Waals surface area contributed by atoms with E-state index >= 15 is 0 Å². The van der Waals surface area contributed by atoms with Crippen LogP contribution in [0.25, 0.3) is 0 Å². The van der Waals surface area contributed by atoms with Crippen molar-refractivity contribution in [3.8, 4) is 5.75 Å². The van der Waals surface area contributed by atoms with Crippen molar-refractivity contribution in [2.45, 2.75) is 80.2 Å². The quantitative estimate of drug-likeness (QED) is 0.349. The van der Waals surface area contributed by atoms with Crippen molar-refractivity contribution in [1.29, 1.82) is 0 Å². The Kier molecular flexibility index (Phi) is 6.06. The van der Waals surface area contributed by atoms with Crippen molar-refractivity contribution in [1.82, 2.24) is 4.90 Å². The number of likely N-dealkylation sites (tertiary alicyclic amines) is 1. The van der Waals surface area contributed by atoms with E-state index < -0.39 is 63.6 Å². The summed E-state index contributed by atoms with van der Waals surface area (Å²) in [7, 11) is 4.89. The number of nitrogens with zero attached hydrogens (tertiary/aromatic N) is 1. The number of piperidine rings is 1. The maximum Gasteiger partial charge on any atom is 0.338 e. The van der Waals surface area contributed by atoms with E-state index in [0.717, 1.165) is 6.54 Å². The predicted octanol–water partition coefficient (Wildman–Crippen LogP) is 0.980. The summed E-state index contributed by atoms with van der Waals surface area (Å²) in [4.78, 5) is 15.9. The number of hydrogen-bond donors (Lipinski definition) is 4. The molecule has 12 atom stereocenters. The van der Waals surface area contributed by atoms with Crippen molar-refractivity contribution in [3.63, 3.8) is 0 Å². The number of hydrogen-bond acceptors (Lipinski definition) is 10. The Hall–Kier alpha value is -1.79. The lowest BCUT2D eigenvalue weighted by atomic mass is 9.41. The summed E-state index contributed by atoms with van der Waals surface area (Å²) in [5, 5.41) is 49.6. The SMILES string of the molecule is CCN1C[C@]2(COC)CC[C@@H](OC)[C@@]34[C@@H]5C[C@]6(O)[C@@H](O)C[C@@](O)([C@H]5[C@@H]6OC(=O)c5ccc(OC)cc5)[C@@H](C[C@]23O)[C@@H]14. The van der Waals surface area contributed by atoms with Gasteiger partial charge in [0.1, 0.15) is 17.5 Å². The molecule has 226 valence electrons.